The summed E-state index contributed by atoms with van der Waals surface area (Å²) in [4.78, 5) is 25.4. The van der Waals surface area contributed by atoms with Gasteiger partial charge in [-0.15, -0.1) is 0 Å². The molecule has 1 aliphatic carbocycles. The van der Waals surface area contributed by atoms with E-state index in [1.807, 2.05) is 49.9 Å². The third kappa shape index (κ3) is 5.31. The molecule has 0 radical (unpaired) electrons. The van der Waals surface area contributed by atoms with Crippen molar-refractivity contribution in [3.63, 3.8) is 0 Å². The van der Waals surface area contributed by atoms with Gasteiger partial charge in [0.05, 0.1) is 5.60 Å². The van der Waals surface area contributed by atoms with Crippen molar-refractivity contribution < 1.29 is 24.2 Å². The Balaban J connectivity index is 1.71. The molecule has 0 unspecified atom stereocenters. The first-order chi connectivity index (χ1) is 13.5. The number of aliphatic carboxylic acids is 1. The molecule has 29 heavy (non-hydrogen) atoms. The average Bonchev–Trinajstić information content (AvgIpc) is 3.05. The summed E-state index contributed by atoms with van der Waals surface area (Å²) in [5.74, 6) is -0.959. The maximum Gasteiger partial charge on any atom is 0.410 e. The number of halogens is 1. The second kappa shape index (κ2) is 8.26. The number of hydrogen-bond acceptors (Lipinski definition) is 4. The van der Waals surface area contributed by atoms with Crippen molar-refractivity contribution in [3.05, 3.63) is 34.3 Å². The van der Waals surface area contributed by atoms with Crippen LogP contribution >= 0.6 is 15.9 Å². The zero-order valence-corrected chi connectivity index (χ0v) is 19.0. The van der Waals surface area contributed by atoms with Crippen molar-refractivity contribution in [2.24, 2.45) is 5.41 Å². The number of carboxylic acids is 1. The molecule has 7 heteroatoms. The van der Waals surface area contributed by atoms with E-state index >= 15 is 0 Å². The Morgan fingerprint density at radius 1 is 1.10 bits per heavy atom. The van der Waals surface area contributed by atoms with Crippen LogP contribution < -0.4 is 0 Å². The fourth-order valence-electron chi connectivity index (χ4n) is 4.48. The Labute approximate surface area is 180 Å². The number of carbonyl (C=O) groups excluding carboxylic acids is 1. The van der Waals surface area contributed by atoms with E-state index in [-0.39, 0.29) is 18.1 Å². The molecule has 1 amide bonds. The monoisotopic (exact) mass is 467 g/mol. The minimum atomic E-state index is -0.959. The van der Waals surface area contributed by atoms with Crippen LogP contribution in [0.25, 0.3) is 0 Å². The predicted octanol–water partition coefficient (Wildman–Crippen LogP) is 4.95. The predicted molar refractivity (Wildman–Crippen MR) is 113 cm³/mol. The molecular weight excluding hydrogens is 438 g/mol. The Morgan fingerprint density at radius 3 is 2.28 bits per heavy atom. The normalized spacial score (nSPS) is 27.2. The first-order valence-corrected chi connectivity index (χ1v) is 10.9. The molecule has 1 aromatic carbocycles. The molecule has 1 heterocycles. The smallest absolute Gasteiger partial charge is 0.410 e. The van der Waals surface area contributed by atoms with E-state index in [1.165, 1.54) is 0 Å². The van der Waals surface area contributed by atoms with Crippen molar-refractivity contribution in [3.8, 4) is 0 Å². The van der Waals surface area contributed by atoms with Gasteiger partial charge in [0.1, 0.15) is 12.2 Å². The van der Waals surface area contributed by atoms with Crippen LogP contribution in [0, 0.1) is 5.41 Å². The summed E-state index contributed by atoms with van der Waals surface area (Å²) in [6, 6.07) is 7.94. The van der Waals surface area contributed by atoms with Crippen LogP contribution in [-0.4, -0.2) is 47.4 Å². The zero-order chi connectivity index (χ0) is 21.3. The molecule has 3 rings (SSSR count). The van der Waals surface area contributed by atoms with Gasteiger partial charge in [-0.1, -0.05) is 28.1 Å². The Bertz CT molecular complexity index is 747. The van der Waals surface area contributed by atoms with E-state index in [1.54, 1.807) is 0 Å². The van der Waals surface area contributed by atoms with Gasteiger partial charge < -0.3 is 19.5 Å². The van der Waals surface area contributed by atoms with Gasteiger partial charge in [-0.2, -0.15) is 0 Å². The molecule has 0 bridgehead atoms. The third-order valence-corrected chi connectivity index (χ3v) is 6.58. The van der Waals surface area contributed by atoms with Gasteiger partial charge in [-0.05, 0) is 76.0 Å². The summed E-state index contributed by atoms with van der Waals surface area (Å²) in [6.45, 7) is 6.72. The van der Waals surface area contributed by atoms with Gasteiger partial charge >= 0.3 is 12.1 Å². The van der Waals surface area contributed by atoms with Crippen LogP contribution in [-0.2, 0) is 19.9 Å². The molecule has 1 saturated heterocycles. The highest BCUT2D eigenvalue weighted by atomic mass is 79.9. The minimum Gasteiger partial charge on any atom is -0.480 e. The van der Waals surface area contributed by atoms with Crippen LogP contribution in [0.3, 0.4) is 0 Å². The molecule has 0 aromatic heterocycles. The molecule has 1 aromatic rings. The van der Waals surface area contributed by atoms with Crippen molar-refractivity contribution in [2.45, 2.75) is 64.1 Å². The number of carbonyl (C=O) groups is 2. The second-order valence-corrected chi connectivity index (χ2v) is 10.3. The van der Waals surface area contributed by atoms with E-state index < -0.39 is 17.2 Å². The van der Waals surface area contributed by atoms with Crippen molar-refractivity contribution in [2.75, 3.05) is 19.7 Å². The molecule has 160 valence electrons. The first-order valence-electron chi connectivity index (χ1n) is 10.1. The first kappa shape index (κ1) is 22.1. The van der Waals surface area contributed by atoms with Crippen LogP contribution in [0.4, 0.5) is 4.79 Å². The molecular formula is C22H30BrNO5. The number of carboxylic acid groups (broad SMARTS) is 1. The van der Waals surface area contributed by atoms with Gasteiger partial charge in [-0.3, -0.25) is 0 Å². The summed E-state index contributed by atoms with van der Waals surface area (Å²) in [7, 11) is 0. The third-order valence-electron chi connectivity index (χ3n) is 6.05. The maximum atomic E-state index is 12.5. The summed E-state index contributed by atoms with van der Waals surface area (Å²) in [5, 5.41) is 9.15. The summed E-state index contributed by atoms with van der Waals surface area (Å²) in [6.07, 6.45) is 3.96. The maximum absolute atomic E-state index is 12.5. The zero-order valence-electron chi connectivity index (χ0n) is 17.4. The minimum absolute atomic E-state index is 0.0579. The number of benzene rings is 1. The second-order valence-electron chi connectivity index (χ2n) is 9.34. The molecule has 1 saturated carbocycles. The van der Waals surface area contributed by atoms with E-state index in [4.69, 9.17) is 14.6 Å². The molecule has 1 spiro atoms. The highest BCUT2D eigenvalue weighted by molar-refractivity contribution is 9.10. The number of amides is 1. The highest BCUT2D eigenvalue weighted by Crippen LogP contribution is 2.51. The highest BCUT2D eigenvalue weighted by Gasteiger charge is 2.48. The lowest BCUT2D eigenvalue weighted by atomic mass is 9.66. The fraction of sp³-hybridized carbons (Fsp3) is 0.636. The van der Waals surface area contributed by atoms with Crippen LogP contribution in [0.15, 0.2) is 28.7 Å². The van der Waals surface area contributed by atoms with Gasteiger partial charge in [0.15, 0.2) is 0 Å². The standard InChI is InChI=1S/C22H30BrNO5/c1-20(2,3)29-19(27)24-13-12-21(15-24)8-10-22(11-9-21,28-14-18(25)26)16-4-6-17(23)7-5-16/h4-7H,8-15H2,1-3H3,(H,25,26). The van der Waals surface area contributed by atoms with Crippen LogP contribution in [0.1, 0.15) is 58.4 Å². The molecule has 0 atom stereocenters. The summed E-state index contributed by atoms with van der Waals surface area (Å²) in [5.41, 5.74) is -0.0221. The lowest BCUT2D eigenvalue weighted by molar-refractivity contribution is -0.156. The summed E-state index contributed by atoms with van der Waals surface area (Å²) >= 11 is 3.45. The summed E-state index contributed by atoms with van der Waals surface area (Å²) < 4.78 is 12.5. The Hall–Kier alpha value is -1.60. The topological polar surface area (TPSA) is 76.1 Å². The number of hydrogen-bond donors (Lipinski definition) is 1. The van der Waals surface area contributed by atoms with E-state index in [9.17, 15) is 9.59 Å². The number of nitrogens with zero attached hydrogens (tertiary/aromatic N) is 1. The number of rotatable bonds is 4. The fourth-order valence-corrected chi connectivity index (χ4v) is 4.74. The quantitative estimate of drug-likeness (QED) is 0.677. The van der Waals surface area contributed by atoms with Gasteiger partial charge in [-0.25, -0.2) is 9.59 Å². The largest absolute Gasteiger partial charge is 0.480 e. The van der Waals surface area contributed by atoms with E-state index in [0.29, 0.717) is 13.1 Å². The lowest BCUT2D eigenvalue weighted by Crippen LogP contribution is -2.42. The molecule has 6 nitrogen and oxygen atoms in total. The molecule has 1 aliphatic heterocycles. The SMILES string of the molecule is CC(C)(C)OC(=O)N1CCC2(CCC(OCC(=O)O)(c3ccc(Br)cc3)CC2)C1. The molecule has 2 fully saturated rings. The molecule has 1 N–H and O–H groups in total. The van der Waals surface area contributed by atoms with Gasteiger partial charge in [0.25, 0.3) is 0 Å². The van der Waals surface area contributed by atoms with E-state index in [0.717, 1.165) is 42.1 Å². The lowest BCUT2D eigenvalue weighted by Gasteiger charge is -2.45. The van der Waals surface area contributed by atoms with Gasteiger partial charge in [0.2, 0.25) is 0 Å². The van der Waals surface area contributed by atoms with Crippen molar-refractivity contribution >= 4 is 28.0 Å². The van der Waals surface area contributed by atoms with Crippen LogP contribution in [0.2, 0.25) is 0 Å². The number of ether oxygens (including phenoxy) is 2. The van der Waals surface area contributed by atoms with Gasteiger partial charge in [0, 0.05) is 17.6 Å². The van der Waals surface area contributed by atoms with E-state index in [2.05, 4.69) is 15.9 Å². The van der Waals surface area contributed by atoms with Crippen molar-refractivity contribution in [1.29, 1.82) is 0 Å². The Morgan fingerprint density at radius 2 is 1.72 bits per heavy atom. The average molecular weight is 468 g/mol. The van der Waals surface area contributed by atoms with Crippen molar-refractivity contribution in [1.82, 2.24) is 4.90 Å². The number of likely N-dealkylation sites (tertiary alicyclic amines) is 1. The van der Waals surface area contributed by atoms with Crippen LogP contribution in [0.5, 0.6) is 0 Å². The Kier molecular flexibility index (Phi) is 6.30. The molecule has 2 aliphatic rings.